The molecule has 0 spiro atoms. The monoisotopic (exact) mass is 361 g/mol. The number of fused-ring (bicyclic) bond motifs is 1. The molecule has 0 aliphatic carbocycles. The summed E-state index contributed by atoms with van der Waals surface area (Å²) in [6, 6.07) is 13.8. The van der Waals surface area contributed by atoms with Gasteiger partial charge in [0.2, 0.25) is 5.91 Å². The Kier molecular flexibility index (Phi) is 4.67. The Bertz CT molecular complexity index is 988. The molecular formula is C22H23N3O2. The number of amides is 2. The van der Waals surface area contributed by atoms with Crippen LogP contribution < -0.4 is 10.6 Å². The molecule has 5 heteroatoms. The van der Waals surface area contributed by atoms with Crippen molar-refractivity contribution in [2.75, 3.05) is 6.54 Å². The van der Waals surface area contributed by atoms with E-state index in [1.54, 1.807) is 0 Å². The fourth-order valence-corrected chi connectivity index (χ4v) is 3.71. The Morgan fingerprint density at radius 1 is 1.19 bits per heavy atom. The van der Waals surface area contributed by atoms with Crippen LogP contribution in [0.3, 0.4) is 0 Å². The first-order valence-corrected chi connectivity index (χ1v) is 9.35. The summed E-state index contributed by atoms with van der Waals surface area (Å²) in [6.07, 6.45) is 4.19. The quantitative estimate of drug-likeness (QED) is 0.652. The molecule has 1 aliphatic rings. The smallest absolute Gasteiger partial charge is 0.251 e. The van der Waals surface area contributed by atoms with Crippen molar-refractivity contribution in [1.82, 2.24) is 15.6 Å². The molecule has 1 atom stereocenters. The second kappa shape index (κ2) is 7.27. The molecule has 5 nitrogen and oxygen atoms in total. The van der Waals surface area contributed by atoms with Crippen LogP contribution in [-0.2, 0) is 11.2 Å². The lowest BCUT2D eigenvalue weighted by Crippen LogP contribution is -2.25. The maximum Gasteiger partial charge on any atom is 0.251 e. The van der Waals surface area contributed by atoms with Crippen LogP contribution in [0.5, 0.6) is 0 Å². The lowest BCUT2D eigenvalue weighted by Gasteiger charge is -2.11. The van der Waals surface area contributed by atoms with Crippen molar-refractivity contribution in [1.29, 1.82) is 0 Å². The molecule has 1 saturated heterocycles. The Balaban J connectivity index is 1.35. The number of carbonyl (C=O) groups is 2. The molecule has 4 rings (SSSR count). The van der Waals surface area contributed by atoms with E-state index >= 15 is 0 Å². The number of hydrogen-bond acceptors (Lipinski definition) is 2. The zero-order valence-corrected chi connectivity index (χ0v) is 15.3. The third-order valence-corrected chi connectivity index (χ3v) is 5.26. The number of nitrogens with one attached hydrogen (secondary N) is 3. The maximum absolute atomic E-state index is 12.4. The summed E-state index contributed by atoms with van der Waals surface area (Å²) in [6.45, 7) is 2.67. The Morgan fingerprint density at radius 2 is 2.00 bits per heavy atom. The number of aryl methyl sites for hydroxylation is 1. The number of H-pyrrole nitrogens is 1. The van der Waals surface area contributed by atoms with Gasteiger partial charge in [0.1, 0.15) is 0 Å². The highest BCUT2D eigenvalue weighted by Crippen LogP contribution is 2.24. The normalized spacial score (nSPS) is 16.5. The van der Waals surface area contributed by atoms with Crippen LogP contribution in [0.4, 0.5) is 0 Å². The van der Waals surface area contributed by atoms with Gasteiger partial charge in [0.25, 0.3) is 5.91 Å². The van der Waals surface area contributed by atoms with Crippen LogP contribution in [0, 0.1) is 6.92 Å². The molecule has 0 saturated carbocycles. The summed E-state index contributed by atoms with van der Waals surface area (Å²) in [5.41, 5.74) is 5.28. The van der Waals surface area contributed by atoms with Crippen LogP contribution in [0.1, 0.15) is 45.9 Å². The van der Waals surface area contributed by atoms with Gasteiger partial charge in [0, 0.05) is 35.6 Å². The van der Waals surface area contributed by atoms with E-state index in [0.717, 1.165) is 23.9 Å². The van der Waals surface area contributed by atoms with Crippen LogP contribution in [0.15, 0.2) is 48.7 Å². The van der Waals surface area contributed by atoms with Crippen molar-refractivity contribution < 1.29 is 9.59 Å². The van der Waals surface area contributed by atoms with Gasteiger partial charge in [-0.1, -0.05) is 30.3 Å². The predicted octanol–water partition coefficient (Wildman–Crippen LogP) is 3.40. The molecule has 2 heterocycles. The van der Waals surface area contributed by atoms with Crippen LogP contribution in [0.2, 0.25) is 0 Å². The summed E-state index contributed by atoms with van der Waals surface area (Å²) in [7, 11) is 0. The van der Waals surface area contributed by atoms with Gasteiger partial charge >= 0.3 is 0 Å². The largest absolute Gasteiger partial charge is 0.361 e. The van der Waals surface area contributed by atoms with E-state index in [-0.39, 0.29) is 17.9 Å². The molecule has 3 N–H and O–H groups in total. The highest BCUT2D eigenvalue weighted by molar-refractivity contribution is 5.94. The average molecular weight is 361 g/mol. The highest BCUT2D eigenvalue weighted by atomic mass is 16.2. The van der Waals surface area contributed by atoms with E-state index < -0.39 is 0 Å². The Hall–Kier alpha value is -3.08. The predicted molar refractivity (Wildman–Crippen MR) is 106 cm³/mol. The molecule has 27 heavy (non-hydrogen) atoms. The zero-order chi connectivity index (χ0) is 18.8. The minimum Gasteiger partial charge on any atom is -0.361 e. The van der Waals surface area contributed by atoms with E-state index in [2.05, 4.69) is 40.7 Å². The molecule has 0 radical (unpaired) electrons. The summed E-state index contributed by atoms with van der Waals surface area (Å²) >= 11 is 0. The van der Waals surface area contributed by atoms with Crippen LogP contribution in [0.25, 0.3) is 10.9 Å². The third kappa shape index (κ3) is 3.58. The number of rotatable bonds is 5. The second-order valence-electron chi connectivity index (χ2n) is 7.10. The highest BCUT2D eigenvalue weighted by Gasteiger charge is 2.22. The molecule has 138 valence electrons. The number of aromatic nitrogens is 1. The Morgan fingerprint density at radius 3 is 2.74 bits per heavy atom. The number of benzene rings is 2. The van der Waals surface area contributed by atoms with E-state index in [9.17, 15) is 9.59 Å². The molecule has 1 fully saturated rings. The lowest BCUT2D eigenvalue weighted by molar-refractivity contribution is -0.119. The van der Waals surface area contributed by atoms with Gasteiger partial charge in [-0.2, -0.15) is 0 Å². The summed E-state index contributed by atoms with van der Waals surface area (Å²) < 4.78 is 0. The third-order valence-electron chi connectivity index (χ3n) is 5.26. The van der Waals surface area contributed by atoms with Crippen LogP contribution in [-0.4, -0.2) is 23.3 Å². The number of aromatic amines is 1. The van der Waals surface area contributed by atoms with Crippen molar-refractivity contribution >= 4 is 22.7 Å². The minimum absolute atomic E-state index is 0.0694. The van der Waals surface area contributed by atoms with Crippen molar-refractivity contribution in [3.8, 4) is 0 Å². The molecule has 1 unspecified atom stereocenters. The lowest BCUT2D eigenvalue weighted by atomic mass is 10.0. The van der Waals surface area contributed by atoms with E-state index in [1.807, 2.05) is 30.5 Å². The zero-order valence-electron chi connectivity index (χ0n) is 15.3. The molecule has 2 amide bonds. The topological polar surface area (TPSA) is 74.0 Å². The van der Waals surface area contributed by atoms with E-state index in [1.165, 1.54) is 16.5 Å². The van der Waals surface area contributed by atoms with Gasteiger partial charge in [0.15, 0.2) is 0 Å². The molecule has 0 bridgehead atoms. The van der Waals surface area contributed by atoms with Crippen molar-refractivity contribution in [3.63, 3.8) is 0 Å². The van der Waals surface area contributed by atoms with Crippen LogP contribution >= 0.6 is 0 Å². The summed E-state index contributed by atoms with van der Waals surface area (Å²) in [5, 5.41) is 7.15. The minimum atomic E-state index is -0.0759. The maximum atomic E-state index is 12.4. The van der Waals surface area contributed by atoms with Gasteiger partial charge in [-0.25, -0.2) is 0 Å². The SMILES string of the molecule is Cc1cccc2c(CCNC(=O)c3ccc(C4CCC(=O)N4)cc3)c[nH]c12. The number of para-hydroxylation sites is 1. The standard InChI is InChI=1S/C22H23N3O2/c1-14-3-2-4-18-17(13-24-21(14)18)11-12-23-22(27)16-7-5-15(6-8-16)19-9-10-20(26)25-19/h2-8,13,19,24H,9-12H2,1H3,(H,23,27)(H,25,26). The summed E-state index contributed by atoms with van der Waals surface area (Å²) in [4.78, 5) is 27.0. The van der Waals surface area contributed by atoms with Crippen molar-refractivity contribution in [2.45, 2.75) is 32.2 Å². The van der Waals surface area contributed by atoms with E-state index in [0.29, 0.717) is 18.5 Å². The molecular weight excluding hydrogens is 338 g/mol. The average Bonchev–Trinajstić information content (AvgIpc) is 3.29. The Labute approximate surface area is 158 Å². The molecule has 1 aromatic heterocycles. The van der Waals surface area contributed by atoms with E-state index in [4.69, 9.17) is 0 Å². The van der Waals surface area contributed by atoms with Gasteiger partial charge in [-0.15, -0.1) is 0 Å². The first kappa shape index (κ1) is 17.3. The first-order valence-electron chi connectivity index (χ1n) is 9.35. The fraction of sp³-hybridized carbons (Fsp3) is 0.273. The van der Waals surface area contributed by atoms with Crippen molar-refractivity contribution in [3.05, 3.63) is 70.9 Å². The molecule has 3 aromatic rings. The summed E-state index contributed by atoms with van der Waals surface area (Å²) in [5.74, 6) is 0.0160. The first-order chi connectivity index (χ1) is 13.1. The number of carbonyl (C=O) groups excluding carboxylic acids is 2. The van der Waals surface area contributed by atoms with Gasteiger partial charge in [-0.05, 0) is 48.6 Å². The van der Waals surface area contributed by atoms with Gasteiger partial charge < -0.3 is 15.6 Å². The fourth-order valence-electron chi connectivity index (χ4n) is 3.71. The van der Waals surface area contributed by atoms with Gasteiger partial charge in [0.05, 0.1) is 6.04 Å². The van der Waals surface area contributed by atoms with Gasteiger partial charge in [-0.3, -0.25) is 9.59 Å². The molecule has 2 aromatic carbocycles. The van der Waals surface area contributed by atoms with Crippen molar-refractivity contribution in [2.24, 2.45) is 0 Å². The molecule has 1 aliphatic heterocycles. The second-order valence-corrected chi connectivity index (χ2v) is 7.10. The number of hydrogen-bond donors (Lipinski definition) is 3.